The zero-order chi connectivity index (χ0) is 33.4. The van der Waals surface area contributed by atoms with Gasteiger partial charge < -0.3 is 30.8 Å². The molecule has 5 nitrogen and oxygen atoms in total. The molecule has 6 radical (unpaired) electrons. The fourth-order valence-electron chi connectivity index (χ4n) is 2.22. The normalized spacial score (nSPS) is 15.0. The molecule has 0 saturated heterocycles. The first kappa shape index (κ1) is 49.0. The van der Waals surface area contributed by atoms with Crippen LogP contribution >= 0.6 is 8.60 Å². The maximum atomic E-state index is 11.5. The van der Waals surface area contributed by atoms with Gasteiger partial charge in [-0.25, -0.2) is 0 Å². The Labute approximate surface area is 269 Å². The van der Waals surface area contributed by atoms with Gasteiger partial charge in [-0.15, -0.1) is 0 Å². The van der Waals surface area contributed by atoms with E-state index < -0.39 is 26.7 Å². The van der Waals surface area contributed by atoms with Gasteiger partial charge in [-0.3, -0.25) is 9.59 Å². The van der Waals surface area contributed by atoms with Gasteiger partial charge >= 0.3 is 35.3 Å². The second kappa shape index (κ2) is 23.4. The van der Waals surface area contributed by atoms with Crippen LogP contribution in [0.1, 0.15) is 110 Å². The number of rotatable bonds is 9. The molecule has 248 valence electrons. The second-order valence-corrected chi connectivity index (χ2v) is 13.8. The van der Waals surface area contributed by atoms with Gasteiger partial charge in [0, 0.05) is 10.8 Å². The Morgan fingerprint density at radius 1 is 0.690 bits per heavy atom. The van der Waals surface area contributed by atoms with Crippen molar-refractivity contribution in [3.05, 3.63) is 37.5 Å². The van der Waals surface area contributed by atoms with E-state index in [1.54, 1.807) is 0 Å². The molecule has 1 fully saturated rings. The second-order valence-electron chi connectivity index (χ2n) is 12.8. The van der Waals surface area contributed by atoms with Crippen molar-refractivity contribution in [2.45, 2.75) is 129 Å². The molecule has 0 spiro atoms. The standard InChI is InChI=1S/C11H20O2.C10H14.C9H21O3P.BF4.Ru/c1-10(2,3)8(12)7-9(13)11(4,5)6;1-8(2)10-6-4-9(3)5-7-10;1-7(2)10-13(11-8(3)4)12-9(5)6;2-1(3,4)5;/h7H2,1-6H3;4-8H,1-3H3;7-9H,1-6H3;;/q;;;-1;+2. The fourth-order valence-corrected chi connectivity index (χ4v) is 3.40. The Morgan fingerprint density at radius 2 is 0.952 bits per heavy atom. The molecular weight excluding hydrogens is 659 g/mol. The van der Waals surface area contributed by atoms with E-state index in [1.165, 1.54) is 11.8 Å². The average Bonchev–Trinajstić information content (AvgIpc) is 2.71. The van der Waals surface area contributed by atoms with E-state index in [9.17, 15) is 26.9 Å². The molecule has 0 amide bonds. The van der Waals surface area contributed by atoms with Gasteiger partial charge in [0.25, 0.3) is 0 Å². The van der Waals surface area contributed by atoms with E-state index in [1.807, 2.05) is 83.1 Å². The smallest absolute Gasteiger partial charge is 0.418 e. The Morgan fingerprint density at radius 3 is 1.14 bits per heavy atom. The summed E-state index contributed by atoms with van der Waals surface area (Å²) in [5.74, 6) is 3.45. The van der Waals surface area contributed by atoms with E-state index in [2.05, 4.69) is 46.5 Å². The van der Waals surface area contributed by atoms with E-state index in [4.69, 9.17) is 13.6 Å². The predicted octanol–water partition coefficient (Wildman–Crippen LogP) is 10.0. The third kappa shape index (κ3) is 34.5. The molecule has 1 aliphatic carbocycles. The van der Waals surface area contributed by atoms with Crippen molar-refractivity contribution in [1.29, 1.82) is 0 Å². The predicted molar refractivity (Wildman–Crippen MR) is 164 cm³/mol. The molecule has 12 heteroatoms. The quantitative estimate of drug-likeness (QED) is 0.103. The van der Waals surface area contributed by atoms with E-state index >= 15 is 0 Å². The summed E-state index contributed by atoms with van der Waals surface area (Å²) in [7, 11) is -7.18. The average molecular weight is 715 g/mol. The van der Waals surface area contributed by atoms with Gasteiger partial charge in [0.2, 0.25) is 0 Å². The van der Waals surface area contributed by atoms with Crippen LogP contribution in [0.25, 0.3) is 0 Å². The van der Waals surface area contributed by atoms with Gasteiger partial charge in [0.1, 0.15) is 11.6 Å². The molecule has 0 unspecified atom stereocenters. The summed E-state index contributed by atoms with van der Waals surface area (Å²) in [4.78, 5) is 23.0. The summed E-state index contributed by atoms with van der Waals surface area (Å²) in [6.45, 7) is 29.4. The minimum atomic E-state index is -6.00. The first-order valence-electron chi connectivity index (χ1n) is 14.0. The molecule has 0 aliphatic heterocycles. The molecule has 0 atom stereocenters. The third-order valence-corrected chi connectivity index (χ3v) is 6.41. The minimum absolute atomic E-state index is 0. The molecule has 0 aromatic rings. The first-order chi connectivity index (χ1) is 18.2. The summed E-state index contributed by atoms with van der Waals surface area (Å²) < 4.78 is 55.5. The summed E-state index contributed by atoms with van der Waals surface area (Å²) in [6.07, 6.45) is 9.20. The number of carbonyl (C=O) groups excluding carboxylic acids is 2. The van der Waals surface area contributed by atoms with Crippen molar-refractivity contribution in [2.24, 2.45) is 16.7 Å². The number of hydrogen-bond acceptors (Lipinski definition) is 5. The summed E-state index contributed by atoms with van der Waals surface area (Å²) in [5, 5.41) is 0. The van der Waals surface area contributed by atoms with E-state index in [0.717, 1.165) is 0 Å². The van der Waals surface area contributed by atoms with Gasteiger partial charge in [0.15, 0.2) is 0 Å². The summed E-state index contributed by atoms with van der Waals surface area (Å²) in [5.41, 5.74) is -0.804. The Bertz CT molecular complexity index is 648. The number of Topliss-reactive ketones (excluding diaryl/α,β-unsaturated/α-hetero) is 2. The van der Waals surface area contributed by atoms with Crippen LogP contribution in [0.15, 0.2) is 0 Å². The van der Waals surface area contributed by atoms with Crippen LogP contribution in [-0.2, 0) is 42.6 Å². The molecule has 0 aromatic carbocycles. The molecule has 0 bridgehead atoms. The van der Waals surface area contributed by atoms with Crippen LogP contribution in [0.5, 0.6) is 0 Å². The van der Waals surface area contributed by atoms with Crippen molar-refractivity contribution in [3.63, 3.8) is 0 Å². The van der Waals surface area contributed by atoms with Crippen LogP contribution in [0.3, 0.4) is 0 Å². The van der Waals surface area contributed by atoms with Crippen LogP contribution in [0.2, 0.25) is 0 Å². The van der Waals surface area contributed by atoms with Gasteiger partial charge in [-0.1, -0.05) is 62.3 Å². The molecule has 0 N–H and O–H groups in total. The molecule has 0 heterocycles. The maximum Gasteiger partial charge on any atom is 2.00 e. The van der Waals surface area contributed by atoms with Gasteiger partial charge in [-0.05, 0) is 85.0 Å². The van der Waals surface area contributed by atoms with Crippen LogP contribution < -0.4 is 0 Å². The largest absolute Gasteiger partial charge is 2.00 e. The van der Waals surface area contributed by atoms with E-state index in [0.29, 0.717) is 5.92 Å². The monoisotopic (exact) mass is 715 g/mol. The minimum Gasteiger partial charge on any atom is -0.418 e. The fraction of sp³-hybridized carbons (Fsp3) is 0.733. The topological polar surface area (TPSA) is 61.8 Å². The zero-order valence-electron chi connectivity index (χ0n) is 28.3. The first-order valence-corrected chi connectivity index (χ1v) is 15.1. The van der Waals surface area contributed by atoms with Crippen molar-refractivity contribution in [3.8, 4) is 0 Å². The summed E-state index contributed by atoms with van der Waals surface area (Å²) >= 11 is 0. The van der Waals surface area contributed by atoms with Crippen molar-refractivity contribution in [2.75, 3.05) is 0 Å². The molecular formula is C30H55BF4O5PRu+. The third-order valence-electron chi connectivity index (χ3n) is 4.63. The molecule has 1 aliphatic rings. The molecule has 42 heavy (non-hydrogen) atoms. The van der Waals surface area contributed by atoms with Gasteiger partial charge in [0.05, 0.1) is 24.7 Å². The van der Waals surface area contributed by atoms with Crippen LogP contribution in [0, 0.1) is 54.3 Å². The van der Waals surface area contributed by atoms with Crippen LogP contribution in [-0.4, -0.2) is 37.1 Å². The zero-order valence-corrected chi connectivity index (χ0v) is 30.9. The number of hydrogen-bond donors (Lipinski definition) is 0. The van der Waals surface area contributed by atoms with Gasteiger partial charge in [-0.2, -0.15) is 0 Å². The maximum absolute atomic E-state index is 11.5. The Balaban J connectivity index is -0.000000237. The van der Waals surface area contributed by atoms with Crippen molar-refractivity contribution in [1.82, 2.24) is 0 Å². The Hall–Kier alpha value is 0.0583. The SMILES string of the molecule is CC(C)(C)C(=O)CC(=O)C(C)(C)C.CC(C)OP(OC(C)C)OC(C)C.C[C]1[CH][CH][C](C(C)C)[CH][CH]1.F[B-](F)(F)F.[Ru+2]. The van der Waals surface area contributed by atoms with Crippen molar-refractivity contribution < 1.29 is 59.9 Å². The van der Waals surface area contributed by atoms with E-state index in [-0.39, 0.29) is 55.8 Å². The molecule has 1 rings (SSSR count). The summed E-state index contributed by atoms with van der Waals surface area (Å²) in [6, 6.07) is 0. The number of carbonyl (C=O) groups is 2. The number of halogens is 4. The van der Waals surface area contributed by atoms with Crippen LogP contribution in [0.4, 0.5) is 17.3 Å². The van der Waals surface area contributed by atoms with Crippen molar-refractivity contribution >= 4 is 27.4 Å². The molecule has 1 saturated carbocycles. The molecule has 0 aromatic heterocycles. The number of ketones is 2. The Kier molecular flexibility index (Phi) is 27.3.